The summed E-state index contributed by atoms with van der Waals surface area (Å²) >= 11 is 0. The molecule has 0 radical (unpaired) electrons. The maximum atomic E-state index is 12.8. The summed E-state index contributed by atoms with van der Waals surface area (Å²) < 4.78 is 16.2. The molecule has 4 N–H and O–H groups in total. The zero-order valence-electron chi connectivity index (χ0n) is 13.9. The molecular formula is C16H24O8. The largest absolute Gasteiger partial charge is 0.461 e. The molecule has 2 aliphatic heterocycles. The minimum atomic E-state index is -2.05. The molecule has 0 aromatic carbocycles. The van der Waals surface area contributed by atoms with Crippen LogP contribution in [0.25, 0.3) is 0 Å². The van der Waals surface area contributed by atoms with Crippen LogP contribution >= 0.6 is 0 Å². The Morgan fingerprint density at radius 1 is 1.25 bits per heavy atom. The maximum absolute atomic E-state index is 12.8. The molecule has 10 atom stereocenters. The van der Waals surface area contributed by atoms with Gasteiger partial charge in [0.25, 0.3) is 0 Å². The first kappa shape index (κ1) is 16.7. The van der Waals surface area contributed by atoms with Crippen LogP contribution in [-0.2, 0) is 19.0 Å². The lowest BCUT2D eigenvalue weighted by molar-refractivity contribution is -0.340. The van der Waals surface area contributed by atoms with Crippen molar-refractivity contribution in [3.8, 4) is 0 Å². The fourth-order valence-corrected chi connectivity index (χ4v) is 5.98. The molecule has 2 bridgehead atoms. The quantitative estimate of drug-likeness (QED) is 0.419. The summed E-state index contributed by atoms with van der Waals surface area (Å²) in [6.07, 6.45) is -5.54. The van der Waals surface area contributed by atoms with Crippen molar-refractivity contribution in [3.05, 3.63) is 0 Å². The third-order valence-electron chi connectivity index (χ3n) is 7.45. The molecule has 0 aromatic rings. The van der Waals surface area contributed by atoms with Crippen LogP contribution in [0, 0.1) is 22.7 Å². The summed E-state index contributed by atoms with van der Waals surface area (Å²) in [7, 11) is 1.37. The van der Waals surface area contributed by atoms with Crippen LogP contribution in [0.1, 0.15) is 20.3 Å². The van der Waals surface area contributed by atoms with Gasteiger partial charge >= 0.3 is 5.97 Å². The van der Waals surface area contributed by atoms with Gasteiger partial charge in [-0.2, -0.15) is 0 Å². The van der Waals surface area contributed by atoms with E-state index in [0.717, 1.165) is 0 Å². The van der Waals surface area contributed by atoms with Crippen LogP contribution in [0.3, 0.4) is 0 Å². The number of fused-ring (bicyclic) bond motifs is 4. The summed E-state index contributed by atoms with van der Waals surface area (Å²) in [5.74, 6) is -1.85. The molecule has 1 spiro atoms. The number of aliphatic hydroxyl groups excluding tert-OH is 3. The van der Waals surface area contributed by atoms with Gasteiger partial charge in [0.05, 0.1) is 12.7 Å². The Morgan fingerprint density at radius 2 is 1.92 bits per heavy atom. The van der Waals surface area contributed by atoms with Gasteiger partial charge in [-0.3, -0.25) is 4.79 Å². The van der Waals surface area contributed by atoms with Crippen molar-refractivity contribution in [3.63, 3.8) is 0 Å². The average Bonchev–Trinajstić information content (AvgIpc) is 2.95. The highest BCUT2D eigenvalue weighted by Gasteiger charge is 2.86. The SMILES string of the molecule is CO[C@@H]1OC[C@@H]2[C@H]3C[C@@]4(C(=O)O3)[C@H](C)[C@H](O)[C@@H](O)[C@]4(O)[C@]2(C)[C@H]1O. The number of ether oxygens (including phenoxy) is 3. The van der Waals surface area contributed by atoms with Crippen LogP contribution in [0.15, 0.2) is 0 Å². The Balaban J connectivity index is 1.96. The molecule has 4 rings (SSSR count). The van der Waals surface area contributed by atoms with E-state index in [1.54, 1.807) is 13.8 Å². The second-order valence-corrected chi connectivity index (χ2v) is 7.88. The van der Waals surface area contributed by atoms with Crippen LogP contribution in [0.4, 0.5) is 0 Å². The summed E-state index contributed by atoms with van der Waals surface area (Å²) in [5, 5.41) is 43.8. The Bertz CT molecular complexity index is 582. The first-order valence-corrected chi connectivity index (χ1v) is 8.30. The van der Waals surface area contributed by atoms with E-state index in [-0.39, 0.29) is 13.0 Å². The van der Waals surface area contributed by atoms with Crippen LogP contribution in [0.5, 0.6) is 0 Å². The van der Waals surface area contributed by atoms with E-state index in [9.17, 15) is 25.2 Å². The molecular weight excluding hydrogens is 320 g/mol. The summed E-state index contributed by atoms with van der Waals surface area (Å²) in [5.41, 5.74) is -4.85. The summed E-state index contributed by atoms with van der Waals surface area (Å²) in [4.78, 5) is 12.8. The average molecular weight is 344 g/mol. The highest BCUT2D eigenvalue weighted by atomic mass is 16.7. The standard InChI is InChI=1S/C16H24O8/c1-6-9(17)10(18)16(21)14(2)7(5-23-12(22-3)11(14)19)8-4-15(6,16)13(20)24-8/h6-12,17-19,21H,4-5H2,1-3H3/t6-,7-,8-,9+,10-,11+,12-,14+,15+,16+/m1/s1. The lowest BCUT2D eigenvalue weighted by atomic mass is 9.46. The number of rotatable bonds is 1. The first-order chi connectivity index (χ1) is 11.2. The van der Waals surface area contributed by atoms with E-state index in [1.165, 1.54) is 7.11 Å². The lowest BCUT2D eigenvalue weighted by Gasteiger charge is -2.61. The maximum Gasteiger partial charge on any atom is 0.315 e. The molecule has 136 valence electrons. The molecule has 2 heterocycles. The zero-order valence-corrected chi connectivity index (χ0v) is 13.9. The predicted octanol–water partition coefficient (Wildman–Crippen LogP) is -1.61. The number of methoxy groups -OCH3 is 1. The fraction of sp³-hybridized carbons (Fsp3) is 0.938. The number of aliphatic hydroxyl groups is 4. The molecule has 0 amide bonds. The molecule has 8 heteroatoms. The number of esters is 1. The number of carbonyl (C=O) groups is 1. The van der Waals surface area contributed by atoms with Gasteiger partial charge in [0.15, 0.2) is 6.29 Å². The summed E-state index contributed by atoms with van der Waals surface area (Å²) in [6.45, 7) is 3.35. The van der Waals surface area contributed by atoms with Crippen molar-refractivity contribution in [1.82, 2.24) is 0 Å². The normalized spacial score (nSPS) is 62.1. The smallest absolute Gasteiger partial charge is 0.315 e. The van der Waals surface area contributed by atoms with Crippen LogP contribution < -0.4 is 0 Å². The number of carbonyl (C=O) groups excluding carboxylic acids is 1. The highest BCUT2D eigenvalue weighted by molar-refractivity contribution is 5.83. The Hall–Kier alpha value is -0.770. The van der Waals surface area contributed by atoms with Gasteiger partial charge < -0.3 is 34.6 Å². The molecule has 0 aromatic heterocycles. The van der Waals surface area contributed by atoms with E-state index in [4.69, 9.17) is 14.2 Å². The molecule has 4 aliphatic rings. The lowest BCUT2D eigenvalue weighted by Crippen LogP contribution is -2.76. The topological polar surface area (TPSA) is 126 Å². The minimum Gasteiger partial charge on any atom is -0.461 e. The molecule has 8 nitrogen and oxygen atoms in total. The molecule has 2 saturated heterocycles. The second-order valence-electron chi connectivity index (χ2n) is 7.88. The molecule has 2 saturated carbocycles. The van der Waals surface area contributed by atoms with E-state index in [0.29, 0.717) is 0 Å². The van der Waals surface area contributed by atoms with Crippen molar-refractivity contribution in [2.45, 2.75) is 56.6 Å². The molecule has 0 unspecified atom stereocenters. The van der Waals surface area contributed by atoms with Gasteiger partial charge in [-0.25, -0.2) is 0 Å². The third-order valence-corrected chi connectivity index (χ3v) is 7.45. The van der Waals surface area contributed by atoms with Crippen molar-refractivity contribution >= 4 is 5.97 Å². The van der Waals surface area contributed by atoms with Gasteiger partial charge in [0.2, 0.25) is 0 Å². The van der Waals surface area contributed by atoms with Crippen LogP contribution in [-0.4, -0.2) is 76.4 Å². The number of hydrogen-bond acceptors (Lipinski definition) is 8. The zero-order chi connectivity index (χ0) is 17.7. The van der Waals surface area contributed by atoms with E-state index < -0.39 is 64.9 Å². The van der Waals surface area contributed by atoms with Gasteiger partial charge in [-0.05, 0) is 0 Å². The molecule has 24 heavy (non-hydrogen) atoms. The minimum absolute atomic E-state index is 0.111. The fourth-order valence-electron chi connectivity index (χ4n) is 5.98. The second kappa shape index (κ2) is 4.69. The van der Waals surface area contributed by atoms with Gasteiger partial charge in [-0.15, -0.1) is 0 Å². The Labute approximate surface area is 139 Å². The Kier molecular flexibility index (Phi) is 3.26. The van der Waals surface area contributed by atoms with Crippen molar-refractivity contribution < 1.29 is 39.4 Å². The van der Waals surface area contributed by atoms with Crippen molar-refractivity contribution in [1.29, 1.82) is 0 Å². The van der Waals surface area contributed by atoms with Crippen molar-refractivity contribution in [2.24, 2.45) is 22.7 Å². The van der Waals surface area contributed by atoms with Crippen LogP contribution in [0.2, 0.25) is 0 Å². The highest BCUT2D eigenvalue weighted by Crippen LogP contribution is 2.71. The third kappa shape index (κ3) is 1.38. The molecule has 2 aliphatic carbocycles. The Morgan fingerprint density at radius 3 is 2.54 bits per heavy atom. The van der Waals surface area contributed by atoms with Gasteiger partial charge in [0, 0.05) is 30.8 Å². The van der Waals surface area contributed by atoms with Crippen molar-refractivity contribution in [2.75, 3.05) is 13.7 Å². The van der Waals surface area contributed by atoms with Gasteiger partial charge in [0.1, 0.15) is 29.3 Å². The van der Waals surface area contributed by atoms with E-state index >= 15 is 0 Å². The monoisotopic (exact) mass is 344 g/mol. The summed E-state index contributed by atoms with van der Waals surface area (Å²) in [6, 6.07) is 0. The van der Waals surface area contributed by atoms with Gasteiger partial charge in [-0.1, -0.05) is 13.8 Å². The number of hydrogen-bond donors (Lipinski definition) is 4. The molecule has 4 fully saturated rings. The van der Waals surface area contributed by atoms with E-state index in [1.807, 2.05) is 0 Å². The predicted molar refractivity (Wildman–Crippen MR) is 77.4 cm³/mol. The van der Waals surface area contributed by atoms with E-state index in [2.05, 4.69) is 0 Å². The first-order valence-electron chi connectivity index (χ1n) is 8.30.